The Kier molecular flexibility index (Phi) is 2.92. The predicted molar refractivity (Wildman–Crippen MR) is 70.4 cm³/mol. The zero-order valence-electron chi connectivity index (χ0n) is 10.6. The van der Waals surface area contributed by atoms with Gasteiger partial charge in [-0.15, -0.1) is 0 Å². The molecule has 0 bridgehead atoms. The average Bonchev–Trinajstić information content (AvgIpc) is 2.77. The Bertz CT molecular complexity index is 542. The van der Waals surface area contributed by atoms with E-state index in [1.807, 2.05) is 6.20 Å². The van der Waals surface area contributed by atoms with Crippen LogP contribution >= 0.6 is 0 Å². The molecule has 94 valence electrons. The smallest absolute Gasteiger partial charge is 0.113 e. The standard InChI is InChI=1S/C15H18N2O/c1-11-4-6-12(7-5-11)9-15-16-10-13-14(18)3-2-8-17(13)15/h4-7,10,14,18H,2-3,8-9H2,1H3. The van der Waals surface area contributed by atoms with Gasteiger partial charge in [-0.05, 0) is 25.3 Å². The molecule has 1 N–H and O–H groups in total. The number of rotatable bonds is 2. The SMILES string of the molecule is Cc1ccc(Cc2ncc3n2CCCC3O)cc1. The number of fused-ring (bicyclic) bond motifs is 1. The van der Waals surface area contributed by atoms with Gasteiger partial charge in [0.05, 0.1) is 18.0 Å². The predicted octanol–water partition coefficient (Wildman–Crippen LogP) is 2.61. The fourth-order valence-corrected chi connectivity index (χ4v) is 2.57. The molecule has 0 saturated heterocycles. The summed E-state index contributed by atoms with van der Waals surface area (Å²) in [6, 6.07) is 8.56. The minimum Gasteiger partial charge on any atom is -0.387 e. The highest BCUT2D eigenvalue weighted by Crippen LogP contribution is 2.26. The second kappa shape index (κ2) is 4.58. The molecule has 2 aromatic rings. The van der Waals surface area contributed by atoms with Gasteiger partial charge in [-0.2, -0.15) is 0 Å². The third kappa shape index (κ3) is 2.06. The third-order valence-electron chi connectivity index (χ3n) is 3.65. The summed E-state index contributed by atoms with van der Waals surface area (Å²) in [7, 11) is 0. The van der Waals surface area contributed by atoms with Crippen molar-refractivity contribution < 1.29 is 5.11 Å². The van der Waals surface area contributed by atoms with E-state index >= 15 is 0 Å². The van der Waals surface area contributed by atoms with Gasteiger partial charge in [0.2, 0.25) is 0 Å². The number of aryl methyl sites for hydroxylation is 1. The first-order valence-electron chi connectivity index (χ1n) is 6.52. The summed E-state index contributed by atoms with van der Waals surface area (Å²) < 4.78 is 2.17. The Morgan fingerprint density at radius 3 is 2.89 bits per heavy atom. The van der Waals surface area contributed by atoms with E-state index in [1.165, 1.54) is 11.1 Å². The van der Waals surface area contributed by atoms with Gasteiger partial charge in [0.15, 0.2) is 0 Å². The molecule has 1 unspecified atom stereocenters. The topological polar surface area (TPSA) is 38.0 Å². The van der Waals surface area contributed by atoms with E-state index in [9.17, 15) is 5.11 Å². The Hall–Kier alpha value is -1.61. The molecule has 0 aliphatic carbocycles. The minimum atomic E-state index is -0.335. The zero-order valence-corrected chi connectivity index (χ0v) is 10.6. The number of aromatic nitrogens is 2. The number of hydrogen-bond acceptors (Lipinski definition) is 2. The quantitative estimate of drug-likeness (QED) is 0.879. The number of aliphatic hydroxyl groups excluding tert-OH is 1. The summed E-state index contributed by atoms with van der Waals surface area (Å²) >= 11 is 0. The highest BCUT2D eigenvalue weighted by atomic mass is 16.3. The maximum Gasteiger partial charge on any atom is 0.113 e. The van der Waals surface area contributed by atoms with Crippen LogP contribution in [0.3, 0.4) is 0 Å². The lowest BCUT2D eigenvalue weighted by Gasteiger charge is -2.21. The summed E-state index contributed by atoms with van der Waals surface area (Å²) in [5, 5.41) is 9.92. The van der Waals surface area contributed by atoms with Gasteiger partial charge in [0.1, 0.15) is 5.82 Å². The Labute approximate surface area is 107 Å². The van der Waals surface area contributed by atoms with E-state index < -0.39 is 0 Å². The van der Waals surface area contributed by atoms with E-state index in [0.717, 1.165) is 37.3 Å². The summed E-state index contributed by atoms with van der Waals surface area (Å²) in [5.41, 5.74) is 3.52. The Morgan fingerprint density at radius 1 is 1.33 bits per heavy atom. The molecule has 3 nitrogen and oxygen atoms in total. The number of imidazole rings is 1. The summed E-state index contributed by atoms with van der Waals surface area (Å²) in [4.78, 5) is 4.47. The summed E-state index contributed by atoms with van der Waals surface area (Å²) in [6.45, 7) is 3.07. The first kappa shape index (κ1) is 11.5. The largest absolute Gasteiger partial charge is 0.387 e. The van der Waals surface area contributed by atoms with Crippen LogP contribution in [0.4, 0.5) is 0 Å². The number of hydrogen-bond donors (Lipinski definition) is 1. The van der Waals surface area contributed by atoms with Crippen LogP contribution < -0.4 is 0 Å². The molecule has 0 spiro atoms. The molecule has 1 aromatic carbocycles. The lowest BCUT2D eigenvalue weighted by molar-refractivity contribution is 0.138. The molecule has 3 rings (SSSR count). The minimum absolute atomic E-state index is 0.335. The van der Waals surface area contributed by atoms with Crippen molar-refractivity contribution in [1.82, 2.24) is 9.55 Å². The molecule has 0 fully saturated rings. The molecule has 0 radical (unpaired) electrons. The van der Waals surface area contributed by atoms with Gasteiger partial charge >= 0.3 is 0 Å². The molecule has 3 heteroatoms. The third-order valence-corrected chi connectivity index (χ3v) is 3.65. The van der Waals surface area contributed by atoms with Crippen LogP contribution in [0.25, 0.3) is 0 Å². The van der Waals surface area contributed by atoms with Gasteiger partial charge < -0.3 is 9.67 Å². The second-order valence-electron chi connectivity index (χ2n) is 5.07. The lowest BCUT2D eigenvalue weighted by Crippen LogP contribution is -2.16. The van der Waals surface area contributed by atoms with Gasteiger partial charge in [0, 0.05) is 13.0 Å². The van der Waals surface area contributed by atoms with Gasteiger partial charge in [-0.25, -0.2) is 4.98 Å². The highest BCUT2D eigenvalue weighted by Gasteiger charge is 2.21. The van der Waals surface area contributed by atoms with Crippen LogP contribution in [-0.2, 0) is 13.0 Å². The molecule has 1 atom stereocenters. The first-order chi connectivity index (χ1) is 8.74. The van der Waals surface area contributed by atoms with E-state index in [2.05, 4.69) is 40.7 Å². The van der Waals surface area contributed by atoms with Crippen molar-refractivity contribution in [2.24, 2.45) is 0 Å². The molecular weight excluding hydrogens is 224 g/mol. The molecule has 0 amide bonds. The maximum absolute atomic E-state index is 9.92. The van der Waals surface area contributed by atoms with Crippen LogP contribution in [0.2, 0.25) is 0 Å². The second-order valence-corrected chi connectivity index (χ2v) is 5.07. The van der Waals surface area contributed by atoms with Crippen molar-refractivity contribution in [2.75, 3.05) is 0 Å². The van der Waals surface area contributed by atoms with E-state index in [4.69, 9.17) is 0 Å². The molecule has 1 aliphatic rings. The van der Waals surface area contributed by atoms with Crippen LogP contribution in [0.1, 0.15) is 41.6 Å². The normalized spacial score (nSPS) is 18.7. The monoisotopic (exact) mass is 242 g/mol. The van der Waals surface area contributed by atoms with Crippen LogP contribution in [0.5, 0.6) is 0 Å². The Morgan fingerprint density at radius 2 is 2.11 bits per heavy atom. The zero-order chi connectivity index (χ0) is 12.5. The van der Waals surface area contributed by atoms with Crippen molar-refractivity contribution in [2.45, 2.75) is 38.8 Å². The van der Waals surface area contributed by atoms with Crippen LogP contribution in [0.15, 0.2) is 30.5 Å². The molecule has 1 aromatic heterocycles. The molecule has 0 saturated carbocycles. The summed E-state index contributed by atoms with van der Waals surface area (Å²) in [6.07, 6.45) is 4.22. The Balaban J connectivity index is 1.87. The van der Waals surface area contributed by atoms with Crippen LogP contribution in [-0.4, -0.2) is 14.7 Å². The molecule has 18 heavy (non-hydrogen) atoms. The lowest BCUT2D eigenvalue weighted by atomic mass is 10.1. The average molecular weight is 242 g/mol. The van der Waals surface area contributed by atoms with E-state index in [1.54, 1.807) is 0 Å². The van der Waals surface area contributed by atoms with E-state index in [0.29, 0.717) is 0 Å². The molecule has 1 aliphatic heterocycles. The summed E-state index contributed by atoms with van der Waals surface area (Å²) in [5.74, 6) is 1.06. The van der Waals surface area contributed by atoms with Gasteiger partial charge in [0.25, 0.3) is 0 Å². The van der Waals surface area contributed by atoms with Crippen molar-refractivity contribution in [3.63, 3.8) is 0 Å². The van der Waals surface area contributed by atoms with Crippen molar-refractivity contribution in [3.05, 3.63) is 53.1 Å². The molecule has 2 heterocycles. The number of benzene rings is 1. The van der Waals surface area contributed by atoms with E-state index in [-0.39, 0.29) is 6.10 Å². The number of nitrogens with zero attached hydrogens (tertiary/aromatic N) is 2. The fraction of sp³-hybridized carbons (Fsp3) is 0.400. The van der Waals surface area contributed by atoms with Crippen molar-refractivity contribution in [1.29, 1.82) is 0 Å². The van der Waals surface area contributed by atoms with Gasteiger partial charge in [-0.3, -0.25) is 0 Å². The maximum atomic E-state index is 9.92. The first-order valence-corrected chi connectivity index (χ1v) is 6.52. The van der Waals surface area contributed by atoms with Crippen molar-refractivity contribution >= 4 is 0 Å². The van der Waals surface area contributed by atoms with Gasteiger partial charge in [-0.1, -0.05) is 29.8 Å². The highest BCUT2D eigenvalue weighted by molar-refractivity contribution is 5.25. The number of aliphatic hydroxyl groups is 1. The fourth-order valence-electron chi connectivity index (χ4n) is 2.57. The molecular formula is C15H18N2O. The van der Waals surface area contributed by atoms with Crippen molar-refractivity contribution in [3.8, 4) is 0 Å². The van der Waals surface area contributed by atoms with Crippen LogP contribution in [0, 0.1) is 6.92 Å².